The van der Waals surface area contributed by atoms with Crippen LogP contribution in [0.25, 0.3) is 22.3 Å². The van der Waals surface area contributed by atoms with Crippen LogP contribution >= 0.6 is 0 Å². The minimum Gasteiger partial charge on any atom is -0.458 e. The van der Waals surface area contributed by atoms with Crippen LogP contribution in [0.4, 0.5) is 4.39 Å². The number of carbonyl (C=O) groups excluding carboxylic acids is 2. The summed E-state index contributed by atoms with van der Waals surface area (Å²) in [5.41, 5.74) is 2.91. The molecule has 1 saturated carbocycles. The van der Waals surface area contributed by atoms with Crippen LogP contribution in [0.5, 0.6) is 0 Å². The quantitative estimate of drug-likeness (QED) is 0.416. The number of rotatable bonds is 3. The lowest BCUT2D eigenvalue weighted by atomic mass is 9.81. The predicted octanol–water partition coefficient (Wildman–Crippen LogP) is 3.04. The largest absolute Gasteiger partial charge is 0.458 e. The molecule has 0 unspecified atom stereocenters. The second-order valence-electron chi connectivity index (χ2n) is 10.9. The van der Waals surface area contributed by atoms with E-state index < -0.39 is 11.6 Å². The van der Waals surface area contributed by atoms with E-state index in [-0.39, 0.29) is 59.9 Å². The molecule has 3 aromatic rings. The summed E-state index contributed by atoms with van der Waals surface area (Å²) < 4.78 is 21.8. The average molecular weight is 504 g/mol. The molecule has 1 fully saturated rings. The van der Waals surface area contributed by atoms with Gasteiger partial charge in [0.2, 0.25) is 5.91 Å². The highest BCUT2D eigenvalue weighted by atomic mass is 19.1. The van der Waals surface area contributed by atoms with Crippen molar-refractivity contribution >= 4 is 22.8 Å². The predicted molar refractivity (Wildman–Crippen MR) is 131 cm³/mol. The number of aliphatic hydroxyl groups is 1. The van der Waals surface area contributed by atoms with Gasteiger partial charge in [-0.05, 0) is 54.9 Å². The first-order valence-electron chi connectivity index (χ1n) is 12.8. The maximum Gasteiger partial charge on any atom is 0.343 e. The number of halogens is 1. The molecule has 7 rings (SSSR count). The number of cyclic esters (lactones) is 1. The van der Waals surface area contributed by atoms with Crippen LogP contribution < -0.4 is 10.9 Å². The van der Waals surface area contributed by atoms with Crippen LogP contribution in [0.15, 0.2) is 16.9 Å². The van der Waals surface area contributed by atoms with E-state index in [1.807, 2.05) is 0 Å². The molecule has 0 radical (unpaired) electrons. The van der Waals surface area contributed by atoms with E-state index in [0.717, 1.165) is 34.9 Å². The lowest BCUT2D eigenvalue weighted by Crippen LogP contribution is -2.45. The van der Waals surface area contributed by atoms with Gasteiger partial charge in [0.05, 0.1) is 35.1 Å². The first-order valence-corrected chi connectivity index (χ1v) is 12.8. The van der Waals surface area contributed by atoms with Gasteiger partial charge in [0.25, 0.3) is 5.56 Å². The molecule has 0 bridgehead atoms. The Morgan fingerprint density at radius 2 is 2.03 bits per heavy atom. The Balaban J connectivity index is 1.51. The van der Waals surface area contributed by atoms with Crippen molar-refractivity contribution in [1.82, 2.24) is 14.9 Å². The Bertz CT molecular complexity index is 1640. The van der Waals surface area contributed by atoms with Gasteiger partial charge in [-0.25, -0.2) is 14.2 Å². The molecule has 2 N–H and O–H groups in total. The molecule has 4 aliphatic rings. The Morgan fingerprint density at radius 3 is 2.76 bits per heavy atom. The number of fused-ring (bicyclic) bond motifs is 5. The van der Waals surface area contributed by atoms with E-state index in [9.17, 15) is 23.9 Å². The van der Waals surface area contributed by atoms with Crippen molar-refractivity contribution < 1.29 is 23.8 Å². The Kier molecular flexibility index (Phi) is 4.56. The van der Waals surface area contributed by atoms with Gasteiger partial charge in [-0.2, -0.15) is 0 Å². The van der Waals surface area contributed by atoms with Crippen molar-refractivity contribution in [3.63, 3.8) is 0 Å². The van der Waals surface area contributed by atoms with Crippen molar-refractivity contribution in [2.24, 2.45) is 5.92 Å². The van der Waals surface area contributed by atoms with Crippen molar-refractivity contribution in [2.75, 3.05) is 0 Å². The topological polar surface area (TPSA) is 111 Å². The molecule has 1 amide bonds. The fourth-order valence-electron chi connectivity index (χ4n) is 6.54. The number of carbonyl (C=O) groups is 2. The summed E-state index contributed by atoms with van der Waals surface area (Å²) in [6.07, 6.45) is 3.27. The summed E-state index contributed by atoms with van der Waals surface area (Å²) in [5.74, 6) is -1.04. The number of amides is 1. The molecular weight excluding hydrogens is 477 g/mol. The fraction of sp³-hybridized carbons (Fsp3) is 0.429. The van der Waals surface area contributed by atoms with E-state index in [1.165, 1.54) is 13.0 Å². The number of nitrogens with zero attached hydrogens (tertiary/aromatic N) is 2. The summed E-state index contributed by atoms with van der Waals surface area (Å²) in [6.45, 7) is 3.26. The summed E-state index contributed by atoms with van der Waals surface area (Å²) in [4.78, 5) is 43.4. The third kappa shape index (κ3) is 3.09. The van der Waals surface area contributed by atoms with E-state index in [2.05, 4.69) is 5.32 Å². The highest BCUT2D eigenvalue weighted by Gasteiger charge is 2.49. The van der Waals surface area contributed by atoms with Crippen LogP contribution in [-0.4, -0.2) is 26.5 Å². The number of hydrogen-bond donors (Lipinski definition) is 2. The number of benzene rings is 1. The SMILES string of the molecule is CC(=O)N[C@H]1CCc2c(C)c(F)cc3nc4c(c1c23)Cn1c-4cc2c(c1=O)COC(=O)[C@]2(O)CC1CC1. The zero-order valence-corrected chi connectivity index (χ0v) is 20.6. The molecule has 1 aromatic carbocycles. The normalized spacial score (nSPS) is 23.4. The smallest absolute Gasteiger partial charge is 0.343 e. The molecule has 0 saturated heterocycles. The van der Waals surface area contributed by atoms with Gasteiger partial charge in [-0.1, -0.05) is 12.8 Å². The van der Waals surface area contributed by atoms with Crippen LogP contribution in [0.3, 0.4) is 0 Å². The van der Waals surface area contributed by atoms with Crippen molar-refractivity contribution in [1.29, 1.82) is 0 Å². The first-order chi connectivity index (χ1) is 17.7. The summed E-state index contributed by atoms with van der Waals surface area (Å²) in [5, 5.41) is 15.4. The van der Waals surface area contributed by atoms with Crippen molar-refractivity contribution in [2.45, 2.75) is 70.7 Å². The third-order valence-electron chi connectivity index (χ3n) is 8.52. The second kappa shape index (κ2) is 7.47. The van der Waals surface area contributed by atoms with Gasteiger partial charge in [0, 0.05) is 29.5 Å². The maximum absolute atomic E-state index is 14.9. The van der Waals surface area contributed by atoms with Crippen LogP contribution in [0.2, 0.25) is 0 Å². The molecule has 8 nitrogen and oxygen atoms in total. The average Bonchev–Trinajstić information content (AvgIpc) is 3.58. The highest BCUT2D eigenvalue weighted by Crippen LogP contribution is 2.47. The van der Waals surface area contributed by atoms with Crippen LogP contribution in [0.1, 0.15) is 72.0 Å². The number of aryl methyl sites for hydroxylation is 1. The fourth-order valence-corrected chi connectivity index (χ4v) is 6.54. The molecule has 0 spiro atoms. The van der Waals surface area contributed by atoms with Crippen LogP contribution in [0, 0.1) is 18.7 Å². The molecule has 4 heterocycles. The van der Waals surface area contributed by atoms with Gasteiger partial charge >= 0.3 is 5.97 Å². The molecule has 2 atom stereocenters. The molecule has 2 aliphatic carbocycles. The van der Waals surface area contributed by atoms with Crippen molar-refractivity contribution in [3.05, 3.63) is 61.7 Å². The van der Waals surface area contributed by atoms with E-state index >= 15 is 0 Å². The van der Waals surface area contributed by atoms with Gasteiger partial charge in [-0.15, -0.1) is 0 Å². The zero-order valence-electron chi connectivity index (χ0n) is 20.6. The number of hydrogen-bond acceptors (Lipinski definition) is 6. The maximum atomic E-state index is 14.9. The highest BCUT2D eigenvalue weighted by molar-refractivity contribution is 5.93. The summed E-state index contributed by atoms with van der Waals surface area (Å²) >= 11 is 0. The second-order valence-corrected chi connectivity index (χ2v) is 10.9. The summed E-state index contributed by atoms with van der Waals surface area (Å²) in [6, 6.07) is 2.80. The molecule has 190 valence electrons. The number of nitrogens with one attached hydrogen (secondary N) is 1. The Morgan fingerprint density at radius 1 is 1.24 bits per heavy atom. The minimum atomic E-state index is -1.88. The molecule has 37 heavy (non-hydrogen) atoms. The van der Waals surface area contributed by atoms with Crippen molar-refractivity contribution in [3.8, 4) is 11.4 Å². The number of esters is 1. The number of aromatic nitrogens is 2. The van der Waals surface area contributed by atoms with Gasteiger partial charge in [0.15, 0.2) is 5.60 Å². The number of ether oxygens (including phenoxy) is 1. The zero-order chi connectivity index (χ0) is 25.8. The van der Waals surface area contributed by atoms with Gasteiger partial charge in [0.1, 0.15) is 12.4 Å². The lowest BCUT2D eigenvalue weighted by Gasteiger charge is -2.32. The summed E-state index contributed by atoms with van der Waals surface area (Å²) in [7, 11) is 0. The molecule has 2 aliphatic heterocycles. The first kappa shape index (κ1) is 22.6. The molecule has 9 heteroatoms. The third-order valence-corrected chi connectivity index (χ3v) is 8.52. The number of pyridine rings is 2. The van der Waals surface area contributed by atoms with E-state index in [0.29, 0.717) is 35.3 Å². The minimum absolute atomic E-state index is 0.171. The Labute approximate surface area is 211 Å². The van der Waals surface area contributed by atoms with Gasteiger partial charge < -0.3 is 19.7 Å². The lowest BCUT2D eigenvalue weighted by molar-refractivity contribution is -0.173. The standard InChI is InChI=1S/C28H26FN3O5/c1-12-15-5-6-20(30-13(2)33)24-16-10-32-22(25(16)31-21(23(15)24)8-19(12)29)7-18-17(26(32)34)11-37-27(35)28(18,36)9-14-3-4-14/h7-8,14,20,36H,3-6,9-11H2,1-2H3,(H,30,33)/t20-,28-/m0/s1. The Hall–Kier alpha value is -3.59. The van der Waals surface area contributed by atoms with Gasteiger partial charge in [-0.3, -0.25) is 9.59 Å². The molecule has 2 aromatic heterocycles. The molecular formula is C28H26FN3O5. The van der Waals surface area contributed by atoms with E-state index in [1.54, 1.807) is 17.6 Å². The van der Waals surface area contributed by atoms with Crippen LogP contribution in [-0.2, 0) is 39.5 Å². The van der Waals surface area contributed by atoms with E-state index in [4.69, 9.17) is 9.72 Å². The monoisotopic (exact) mass is 503 g/mol.